The maximum absolute atomic E-state index is 10.2. The molecule has 0 saturated carbocycles. The van der Waals surface area contributed by atoms with Crippen molar-refractivity contribution in [3.05, 3.63) is 36.5 Å². The normalized spacial score (nSPS) is 11.9. The van der Waals surface area contributed by atoms with E-state index in [0.29, 0.717) is 5.57 Å². The van der Waals surface area contributed by atoms with Crippen LogP contribution in [0.3, 0.4) is 0 Å². The summed E-state index contributed by atoms with van der Waals surface area (Å²) >= 11 is 0. The van der Waals surface area contributed by atoms with Crippen LogP contribution in [0.25, 0.3) is 0 Å². The zero-order valence-electron chi connectivity index (χ0n) is 5.87. The molecule has 0 amide bonds. The third-order valence-corrected chi connectivity index (χ3v) is 0.931. The SMILES string of the molecule is C=C/C=C/C=C(\C)C(=O)O. The van der Waals surface area contributed by atoms with Crippen molar-refractivity contribution in [2.24, 2.45) is 0 Å². The summed E-state index contributed by atoms with van der Waals surface area (Å²) in [4.78, 5) is 10.2. The molecular formula is C8H10O2. The van der Waals surface area contributed by atoms with Crippen LogP contribution in [0.4, 0.5) is 0 Å². The zero-order chi connectivity index (χ0) is 7.98. The zero-order valence-corrected chi connectivity index (χ0v) is 5.87. The second-order valence-corrected chi connectivity index (χ2v) is 1.78. The lowest BCUT2D eigenvalue weighted by molar-refractivity contribution is -0.132. The van der Waals surface area contributed by atoms with Gasteiger partial charge >= 0.3 is 5.97 Å². The van der Waals surface area contributed by atoms with E-state index in [2.05, 4.69) is 6.58 Å². The number of aliphatic carboxylic acids is 1. The fraction of sp³-hybridized carbons (Fsp3) is 0.125. The Balaban J connectivity index is 4.04. The summed E-state index contributed by atoms with van der Waals surface area (Å²) in [5.74, 6) is -0.895. The van der Waals surface area contributed by atoms with Crippen LogP contribution in [0.15, 0.2) is 36.5 Å². The molecule has 0 aromatic carbocycles. The van der Waals surface area contributed by atoms with Gasteiger partial charge in [0, 0.05) is 5.57 Å². The molecule has 2 nitrogen and oxygen atoms in total. The van der Waals surface area contributed by atoms with Gasteiger partial charge in [-0.15, -0.1) is 0 Å². The molecular weight excluding hydrogens is 128 g/mol. The quantitative estimate of drug-likeness (QED) is 0.476. The maximum atomic E-state index is 10.2. The highest BCUT2D eigenvalue weighted by molar-refractivity contribution is 5.86. The van der Waals surface area contributed by atoms with E-state index in [1.165, 1.54) is 13.0 Å². The fourth-order valence-corrected chi connectivity index (χ4v) is 0.350. The molecule has 2 heteroatoms. The Morgan fingerprint density at radius 1 is 1.50 bits per heavy atom. The van der Waals surface area contributed by atoms with E-state index >= 15 is 0 Å². The highest BCUT2D eigenvalue weighted by Crippen LogP contribution is 1.91. The molecule has 0 aromatic rings. The van der Waals surface area contributed by atoms with Crippen LogP contribution in [0.2, 0.25) is 0 Å². The molecule has 0 unspecified atom stereocenters. The van der Waals surface area contributed by atoms with Gasteiger partial charge in [0.2, 0.25) is 0 Å². The van der Waals surface area contributed by atoms with Gasteiger partial charge in [-0.3, -0.25) is 0 Å². The molecule has 0 saturated heterocycles. The summed E-state index contributed by atoms with van der Waals surface area (Å²) in [6.45, 7) is 4.98. The van der Waals surface area contributed by atoms with Crippen LogP contribution < -0.4 is 0 Å². The van der Waals surface area contributed by atoms with Crippen molar-refractivity contribution in [2.45, 2.75) is 6.92 Å². The summed E-state index contributed by atoms with van der Waals surface area (Å²) in [6, 6.07) is 0. The minimum Gasteiger partial charge on any atom is -0.478 e. The average Bonchev–Trinajstić information content (AvgIpc) is 1.88. The first kappa shape index (κ1) is 8.69. The standard InChI is InChI=1S/C8H10O2/c1-3-4-5-6-7(2)8(9)10/h3-6H,1H2,2H3,(H,9,10)/b5-4+,7-6+. The fourth-order valence-electron chi connectivity index (χ4n) is 0.350. The lowest BCUT2D eigenvalue weighted by atomic mass is 10.3. The van der Waals surface area contributed by atoms with Gasteiger partial charge in [-0.05, 0) is 6.92 Å². The Morgan fingerprint density at radius 3 is 2.50 bits per heavy atom. The van der Waals surface area contributed by atoms with Crippen molar-refractivity contribution in [3.8, 4) is 0 Å². The largest absolute Gasteiger partial charge is 0.478 e. The van der Waals surface area contributed by atoms with Crippen LogP contribution in [0.1, 0.15) is 6.92 Å². The molecule has 0 heterocycles. The minimum absolute atomic E-state index is 0.318. The van der Waals surface area contributed by atoms with Gasteiger partial charge in [0.15, 0.2) is 0 Å². The third-order valence-electron chi connectivity index (χ3n) is 0.931. The van der Waals surface area contributed by atoms with Crippen LogP contribution in [0, 0.1) is 0 Å². The van der Waals surface area contributed by atoms with Crippen molar-refractivity contribution in [3.63, 3.8) is 0 Å². The molecule has 0 aliphatic rings. The van der Waals surface area contributed by atoms with Gasteiger partial charge in [-0.25, -0.2) is 4.79 Å². The minimum atomic E-state index is -0.895. The smallest absolute Gasteiger partial charge is 0.331 e. The van der Waals surface area contributed by atoms with Crippen LogP contribution >= 0.6 is 0 Å². The number of allylic oxidation sites excluding steroid dienone is 4. The van der Waals surface area contributed by atoms with E-state index in [0.717, 1.165) is 0 Å². The molecule has 0 spiro atoms. The Kier molecular flexibility index (Phi) is 3.96. The summed E-state index contributed by atoms with van der Waals surface area (Å²) in [5.41, 5.74) is 0.318. The molecule has 0 bridgehead atoms. The Bertz CT molecular complexity index is 187. The van der Waals surface area contributed by atoms with Crippen molar-refractivity contribution in [2.75, 3.05) is 0 Å². The van der Waals surface area contributed by atoms with Crippen molar-refractivity contribution in [1.29, 1.82) is 0 Å². The number of hydrogen-bond acceptors (Lipinski definition) is 1. The lowest BCUT2D eigenvalue weighted by Gasteiger charge is -1.85. The molecule has 54 valence electrons. The van der Waals surface area contributed by atoms with E-state index < -0.39 is 5.97 Å². The second kappa shape index (κ2) is 4.56. The first-order chi connectivity index (χ1) is 4.68. The first-order valence-corrected chi connectivity index (χ1v) is 2.87. The Morgan fingerprint density at radius 2 is 2.10 bits per heavy atom. The number of carboxylic acids is 1. The van der Waals surface area contributed by atoms with Crippen LogP contribution in [-0.2, 0) is 4.79 Å². The highest BCUT2D eigenvalue weighted by atomic mass is 16.4. The topological polar surface area (TPSA) is 37.3 Å². The molecule has 0 aliphatic heterocycles. The summed E-state index contributed by atoms with van der Waals surface area (Å²) in [7, 11) is 0. The second-order valence-electron chi connectivity index (χ2n) is 1.78. The molecule has 0 radical (unpaired) electrons. The Hall–Kier alpha value is -1.31. The monoisotopic (exact) mass is 138 g/mol. The predicted octanol–water partition coefficient (Wildman–Crippen LogP) is 1.76. The number of rotatable bonds is 3. The van der Waals surface area contributed by atoms with Crippen LogP contribution in [-0.4, -0.2) is 11.1 Å². The predicted molar refractivity (Wildman–Crippen MR) is 40.7 cm³/mol. The number of carbonyl (C=O) groups is 1. The average molecular weight is 138 g/mol. The van der Waals surface area contributed by atoms with Crippen molar-refractivity contribution >= 4 is 5.97 Å². The van der Waals surface area contributed by atoms with Gasteiger partial charge in [-0.2, -0.15) is 0 Å². The summed E-state index contributed by atoms with van der Waals surface area (Å²) < 4.78 is 0. The van der Waals surface area contributed by atoms with Gasteiger partial charge in [0.25, 0.3) is 0 Å². The van der Waals surface area contributed by atoms with Gasteiger partial charge < -0.3 is 5.11 Å². The molecule has 0 rings (SSSR count). The van der Waals surface area contributed by atoms with E-state index in [1.54, 1.807) is 18.2 Å². The van der Waals surface area contributed by atoms with Gasteiger partial charge in [0.1, 0.15) is 0 Å². The van der Waals surface area contributed by atoms with Crippen molar-refractivity contribution in [1.82, 2.24) is 0 Å². The Labute approximate surface area is 60.2 Å². The van der Waals surface area contributed by atoms with E-state index in [-0.39, 0.29) is 0 Å². The molecule has 0 fully saturated rings. The highest BCUT2D eigenvalue weighted by Gasteiger charge is 1.94. The first-order valence-electron chi connectivity index (χ1n) is 2.87. The van der Waals surface area contributed by atoms with E-state index in [1.807, 2.05) is 0 Å². The third kappa shape index (κ3) is 3.66. The lowest BCUT2D eigenvalue weighted by Crippen LogP contribution is -1.94. The van der Waals surface area contributed by atoms with E-state index in [4.69, 9.17) is 5.11 Å². The molecule has 10 heavy (non-hydrogen) atoms. The van der Waals surface area contributed by atoms with Gasteiger partial charge in [-0.1, -0.05) is 30.9 Å². The molecule has 1 N–H and O–H groups in total. The number of hydrogen-bond donors (Lipinski definition) is 1. The maximum Gasteiger partial charge on any atom is 0.331 e. The summed E-state index contributed by atoms with van der Waals surface area (Å²) in [6.07, 6.45) is 6.42. The van der Waals surface area contributed by atoms with Gasteiger partial charge in [0.05, 0.1) is 0 Å². The van der Waals surface area contributed by atoms with Crippen LogP contribution in [0.5, 0.6) is 0 Å². The number of carboxylic acid groups (broad SMARTS) is 1. The summed E-state index contributed by atoms with van der Waals surface area (Å²) in [5, 5.41) is 8.35. The molecule has 0 atom stereocenters. The molecule has 0 aliphatic carbocycles. The van der Waals surface area contributed by atoms with E-state index in [9.17, 15) is 4.79 Å². The molecule has 0 aromatic heterocycles. The van der Waals surface area contributed by atoms with Crippen molar-refractivity contribution < 1.29 is 9.90 Å².